The van der Waals surface area contributed by atoms with Crippen LogP contribution in [-0.2, 0) is 10.3 Å². The third kappa shape index (κ3) is 9.13. The predicted molar refractivity (Wildman–Crippen MR) is 166 cm³/mol. The molecule has 0 unspecified atom stereocenters. The van der Waals surface area contributed by atoms with Gasteiger partial charge in [0.1, 0.15) is 0 Å². The number of halogens is 3. The van der Waals surface area contributed by atoms with Gasteiger partial charge in [0.2, 0.25) is 5.91 Å². The number of benzene rings is 1. The molecule has 1 heterocycles. The average molecular weight is 647 g/mol. The number of carbonyl (C=O) groups excluding carboxylic acids is 1. The molecule has 4 N–H and O–H groups in total. The Labute approximate surface area is 304 Å². The number of hydrogen-bond acceptors (Lipinski definition) is 5. The Morgan fingerprint density at radius 3 is 2.33 bits per heavy atom. The molecule has 228 valence electrons. The van der Waals surface area contributed by atoms with Crippen LogP contribution >= 0.6 is 23.2 Å². The van der Waals surface area contributed by atoms with Gasteiger partial charge < -0.3 is 23.1 Å². The zero-order chi connectivity index (χ0) is 30.4. The minimum Gasteiger partial charge on any atom is -0.538 e. The molecule has 1 aromatic heterocycles. The number of pyridine rings is 1. The molecule has 1 aromatic carbocycles. The summed E-state index contributed by atoms with van der Waals surface area (Å²) in [5, 5.41) is 12.0. The Bertz CT molecular complexity index is 1170. The maximum Gasteiger partial charge on any atom is 1.00 e. The number of nitrogens with one attached hydrogen (secondary N) is 1. The van der Waals surface area contributed by atoms with Gasteiger partial charge in [-0.1, -0.05) is 62.4 Å². The summed E-state index contributed by atoms with van der Waals surface area (Å²) < 4.78 is 14.8. The van der Waals surface area contributed by atoms with Crippen molar-refractivity contribution in [2.45, 2.75) is 89.1 Å². The van der Waals surface area contributed by atoms with Crippen LogP contribution < -0.4 is 62.4 Å². The number of hydrogen-bond donors (Lipinski definition) is 3. The smallest absolute Gasteiger partial charge is 0.538 e. The Morgan fingerprint density at radius 2 is 1.81 bits per heavy atom. The third-order valence-corrected chi connectivity index (χ3v) is 9.63. The number of rotatable bonds is 8. The summed E-state index contributed by atoms with van der Waals surface area (Å²) in [6, 6.07) is 6.21. The monoisotopic (exact) mass is 645 g/mol. The second-order valence-corrected chi connectivity index (χ2v) is 13.1. The second-order valence-electron chi connectivity index (χ2n) is 12.3. The first-order valence-electron chi connectivity index (χ1n) is 14.5. The quantitative estimate of drug-likeness (QED) is 0.224. The number of nitrogens with zero attached hydrogens (tertiary/aromatic N) is 2. The van der Waals surface area contributed by atoms with Crippen molar-refractivity contribution in [1.82, 2.24) is 9.88 Å². The van der Waals surface area contributed by atoms with Crippen LogP contribution in [-0.4, -0.2) is 40.6 Å². The first-order chi connectivity index (χ1) is 19.4. The SMILES string of the molecule is OCC1CCCCC1.[CH2-]Nc1cc(Cl)ccc1C1(N(C)[C@@H](C(N)=O)[C@@H]([CH2-])c2ccnc(Cl)c2F)CCC(C)(C)CC1.[K+]. The summed E-state index contributed by atoms with van der Waals surface area (Å²) in [6.07, 6.45) is 11.4. The Hall–Kier alpha value is -0.294. The summed E-state index contributed by atoms with van der Waals surface area (Å²) >= 11 is 12.2. The first-order valence-corrected chi connectivity index (χ1v) is 15.2. The normalized spacial score (nSPS) is 19.6. The maximum atomic E-state index is 14.8. The first kappa shape index (κ1) is 37.9. The summed E-state index contributed by atoms with van der Waals surface area (Å²) in [5.74, 6) is -1.44. The fourth-order valence-electron chi connectivity index (χ4n) is 6.40. The van der Waals surface area contributed by atoms with E-state index in [1.807, 2.05) is 30.1 Å². The van der Waals surface area contributed by atoms with Crippen molar-refractivity contribution in [1.29, 1.82) is 0 Å². The van der Waals surface area contributed by atoms with Crippen molar-refractivity contribution in [3.05, 3.63) is 71.6 Å². The molecule has 0 saturated heterocycles. The molecular weight excluding hydrogens is 601 g/mol. The zero-order valence-corrected chi connectivity index (χ0v) is 30.2. The molecular formula is C32H45Cl2FKN4O2-. The number of aliphatic hydroxyl groups excluding tert-OH is 1. The number of anilines is 1. The molecule has 2 aliphatic carbocycles. The van der Waals surface area contributed by atoms with Crippen LogP contribution in [0.15, 0.2) is 30.5 Å². The van der Waals surface area contributed by atoms with Crippen LogP contribution in [0.2, 0.25) is 10.2 Å². The topological polar surface area (TPSA) is 91.5 Å². The summed E-state index contributed by atoms with van der Waals surface area (Å²) in [7, 11) is 5.71. The van der Waals surface area contributed by atoms with Gasteiger partial charge >= 0.3 is 51.4 Å². The van der Waals surface area contributed by atoms with Gasteiger partial charge in [0.15, 0.2) is 11.0 Å². The molecule has 6 nitrogen and oxygen atoms in total. The number of aromatic nitrogens is 1. The summed E-state index contributed by atoms with van der Waals surface area (Å²) in [6.45, 7) is 9.04. The van der Waals surface area contributed by atoms with Gasteiger partial charge in [-0.25, -0.2) is 9.37 Å². The molecule has 2 atom stereocenters. The molecule has 0 bridgehead atoms. The number of amides is 1. The van der Waals surface area contributed by atoms with Crippen LogP contribution in [0.4, 0.5) is 10.1 Å². The van der Waals surface area contributed by atoms with E-state index in [0.29, 0.717) is 17.5 Å². The van der Waals surface area contributed by atoms with Crippen LogP contribution in [0.3, 0.4) is 0 Å². The van der Waals surface area contributed by atoms with Gasteiger partial charge in [-0.15, -0.1) is 5.92 Å². The van der Waals surface area contributed by atoms with E-state index in [-0.39, 0.29) is 67.5 Å². The average Bonchev–Trinajstić information content (AvgIpc) is 2.95. The van der Waals surface area contributed by atoms with Gasteiger partial charge in [0.05, 0.1) is 6.04 Å². The number of likely N-dealkylation sites (N-methyl/N-ethyl adjacent to an activating group) is 1. The summed E-state index contributed by atoms with van der Waals surface area (Å²) in [4.78, 5) is 18.6. The van der Waals surface area contributed by atoms with Crippen molar-refractivity contribution >= 4 is 34.8 Å². The minimum absolute atomic E-state index is 0. The van der Waals surface area contributed by atoms with Gasteiger partial charge in [-0.2, -0.15) is 0 Å². The number of carbonyl (C=O) groups is 1. The van der Waals surface area contributed by atoms with Gasteiger partial charge in [0, 0.05) is 29.1 Å². The van der Waals surface area contributed by atoms with E-state index in [0.717, 1.165) is 36.9 Å². The third-order valence-electron chi connectivity index (χ3n) is 9.13. The van der Waals surface area contributed by atoms with Crippen LogP contribution in [0.5, 0.6) is 0 Å². The standard InChI is InChI=1S/C25H31Cl2FN4O.C7H14O.K/c1-15(17-8-13-31-22(27)20(17)28)21(23(29)33)32(5)25(11-9-24(2,3)10-12-25)18-7-6-16(26)14-19(18)30-4;8-6-7-4-2-1-3-5-7;/h6-8,13-15,21,30H,1,4,9-12H2,2-3,5H3,(H2,29,33);7-8H,1-6H2;/q-2;;+1/t15-,21+;;/m0../s1. The molecule has 4 rings (SSSR count). The predicted octanol–water partition coefficient (Wildman–Crippen LogP) is 4.49. The van der Waals surface area contributed by atoms with E-state index in [1.165, 1.54) is 44.4 Å². The van der Waals surface area contributed by atoms with Crippen LogP contribution in [0.25, 0.3) is 0 Å². The molecule has 2 fully saturated rings. The van der Waals surface area contributed by atoms with Crippen molar-refractivity contribution in [2.75, 3.05) is 19.0 Å². The minimum atomic E-state index is -0.896. The second kappa shape index (κ2) is 16.9. The Balaban J connectivity index is 0.000000591. The molecule has 0 radical (unpaired) electrons. The van der Waals surface area contributed by atoms with Crippen molar-refractivity contribution in [3.8, 4) is 0 Å². The van der Waals surface area contributed by atoms with Crippen molar-refractivity contribution in [2.24, 2.45) is 17.1 Å². The van der Waals surface area contributed by atoms with E-state index in [4.69, 9.17) is 34.0 Å². The zero-order valence-electron chi connectivity index (χ0n) is 25.6. The maximum absolute atomic E-state index is 14.8. The van der Waals surface area contributed by atoms with E-state index in [2.05, 4.69) is 38.1 Å². The van der Waals surface area contributed by atoms with Gasteiger partial charge in [-0.3, -0.25) is 16.7 Å². The molecule has 42 heavy (non-hydrogen) atoms. The van der Waals surface area contributed by atoms with E-state index < -0.39 is 29.2 Å². The largest absolute Gasteiger partial charge is 1.00 e. The van der Waals surface area contributed by atoms with Gasteiger partial charge in [-0.05, 0) is 86.2 Å². The molecule has 1 amide bonds. The number of aliphatic hydroxyl groups is 1. The molecule has 10 heteroatoms. The van der Waals surface area contributed by atoms with E-state index in [9.17, 15) is 9.18 Å². The van der Waals surface area contributed by atoms with Crippen LogP contribution in [0.1, 0.15) is 88.7 Å². The molecule has 2 aromatic rings. The Kier molecular flexibility index (Phi) is 15.2. The van der Waals surface area contributed by atoms with Gasteiger partial charge in [0.25, 0.3) is 0 Å². The molecule has 2 saturated carbocycles. The summed E-state index contributed by atoms with van der Waals surface area (Å²) in [5.41, 5.74) is 7.44. The number of primary amides is 1. The van der Waals surface area contributed by atoms with E-state index in [1.54, 1.807) is 0 Å². The number of nitrogens with two attached hydrogens (primary N) is 1. The Morgan fingerprint density at radius 1 is 1.19 bits per heavy atom. The fraction of sp³-hybridized carbons (Fsp3) is 0.562. The fourth-order valence-corrected chi connectivity index (χ4v) is 6.74. The molecule has 0 aliphatic heterocycles. The van der Waals surface area contributed by atoms with E-state index >= 15 is 0 Å². The molecule has 2 aliphatic rings. The molecule has 0 spiro atoms. The van der Waals surface area contributed by atoms with Crippen LogP contribution in [0, 0.1) is 31.1 Å². The van der Waals surface area contributed by atoms with Crippen molar-refractivity contribution in [3.63, 3.8) is 0 Å². The van der Waals surface area contributed by atoms with Crippen molar-refractivity contribution < 1.29 is 65.7 Å².